The molecule has 1 amide bonds. The Balaban J connectivity index is 2.44. The van der Waals surface area contributed by atoms with Gasteiger partial charge >= 0.3 is 0 Å². The van der Waals surface area contributed by atoms with E-state index in [0.29, 0.717) is 6.54 Å². The van der Waals surface area contributed by atoms with Crippen LogP contribution in [-0.2, 0) is 21.1 Å². The number of sulfone groups is 1. The Bertz CT molecular complexity index is 583. The first-order valence-electron chi connectivity index (χ1n) is 7.34. The highest BCUT2D eigenvalue weighted by Crippen LogP contribution is 2.20. The van der Waals surface area contributed by atoms with E-state index in [0.717, 1.165) is 12.7 Å². The molecule has 5 nitrogen and oxygen atoms in total. The minimum absolute atomic E-state index is 0.0744. The monoisotopic (exact) mass is 326 g/mol. The Labute approximate surface area is 133 Å². The van der Waals surface area contributed by atoms with Crippen molar-refractivity contribution in [1.82, 2.24) is 5.32 Å². The molecule has 0 radical (unpaired) electrons. The van der Waals surface area contributed by atoms with Crippen molar-refractivity contribution in [3.8, 4) is 0 Å². The summed E-state index contributed by atoms with van der Waals surface area (Å²) in [6.07, 6.45) is 2.12. The van der Waals surface area contributed by atoms with Gasteiger partial charge in [0, 0.05) is 12.8 Å². The van der Waals surface area contributed by atoms with Crippen LogP contribution < -0.4 is 11.1 Å². The lowest BCUT2D eigenvalue weighted by molar-refractivity contribution is -0.122. The normalized spacial score (nSPS) is 13.6. The molecule has 0 saturated heterocycles. The lowest BCUT2D eigenvalue weighted by Crippen LogP contribution is -2.45. The summed E-state index contributed by atoms with van der Waals surface area (Å²) in [7, 11) is -3.10. The third-order valence-corrected chi connectivity index (χ3v) is 4.38. The quantitative estimate of drug-likeness (QED) is 0.749. The van der Waals surface area contributed by atoms with Gasteiger partial charge in [-0.2, -0.15) is 0 Å². The maximum absolute atomic E-state index is 11.9. The molecule has 1 rings (SSSR count). The van der Waals surface area contributed by atoms with E-state index >= 15 is 0 Å². The second-order valence-electron chi connectivity index (χ2n) is 6.57. The van der Waals surface area contributed by atoms with Crippen molar-refractivity contribution in [1.29, 1.82) is 0 Å². The van der Waals surface area contributed by atoms with Gasteiger partial charge in [-0.05, 0) is 23.8 Å². The fraction of sp³-hybridized carbons (Fsp3) is 0.562. The van der Waals surface area contributed by atoms with Crippen LogP contribution in [0.1, 0.15) is 25.8 Å². The molecule has 0 aromatic heterocycles. The number of hydrogen-bond acceptors (Lipinski definition) is 4. The molecule has 124 valence electrons. The van der Waals surface area contributed by atoms with Crippen molar-refractivity contribution in [2.24, 2.45) is 11.1 Å². The molecule has 0 spiro atoms. The maximum Gasteiger partial charge on any atom is 0.236 e. The smallest absolute Gasteiger partial charge is 0.236 e. The average molecular weight is 326 g/mol. The van der Waals surface area contributed by atoms with Crippen LogP contribution in [0.5, 0.6) is 0 Å². The molecule has 6 heteroatoms. The van der Waals surface area contributed by atoms with E-state index in [-0.39, 0.29) is 23.5 Å². The van der Waals surface area contributed by atoms with Crippen molar-refractivity contribution in [2.75, 3.05) is 18.6 Å². The van der Waals surface area contributed by atoms with E-state index < -0.39 is 15.9 Å². The Morgan fingerprint density at radius 1 is 1.27 bits per heavy atom. The highest BCUT2D eigenvalue weighted by atomic mass is 32.2. The van der Waals surface area contributed by atoms with Crippen LogP contribution in [0.25, 0.3) is 0 Å². The van der Waals surface area contributed by atoms with Gasteiger partial charge < -0.3 is 11.1 Å². The van der Waals surface area contributed by atoms with Gasteiger partial charge in [0.25, 0.3) is 0 Å². The van der Waals surface area contributed by atoms with Crippen LogP contribution in [-0.4, -0.2) is 38.9 Å². The Hall–Kier alpha value is -1.40. The largest absolute Gasteiger partial charge is 0.354 e. The van der Waals surface area contributed by atoms with Crippen LogP contribution in [0.2, 0.25) is 0 Å². The zero-order chi connectivity index (χ0) is 16.8. The van der Waals surface area contributed by atoms with Crippen LogP contribution in [0.3, 0.4) is 0 Å². The number of rotatable bonds is 8. The molecule has 1 atom stereocenters. The van der Waals surface area contributed by atoms with E-state index in [9.17, 15) is 13.2 Å². The minimum Gasteiger partial charge on any atom is -0.354 e. The zero-order valence-corrected chi connectivity index (χ0v) is 14.3. The molecule has 1 aromatic rings. The third kappa shape index (κ3) is 7.56. The first-order valence-corrected chi connectivity index (χ1v) is 9.40. The molecule has 0 aliphatic heterocycles. The lowest BCUT2D eigenvalue weighted by atomic mass is 9.85. The van der Waals surface area contributed by atoms with Crippen molar-refractivity contribution in [3.05, 3.63) is 35.9 Å². The highest BCUT2D eigenvalue weighted by Gasteiger charge is 2.22. The van der Waals surface area contributed by atoms with E-state index in [1.807, 2.05) is 18.2 Å². The lowest BCUT2D eigenvalue weighted by Gasteiger charge is -2.26. The number of carbonyl (C=O) groups excluding carboxylic acids is 1. The second kappa shape index (κ2) is 7.74. The van der Waals surface area contributed by atoms with E-state index in [2.05, 4.69) is 31.3 Å². The summed E-state index contributed by atoms with van der Waals surface area (Å²) < 4.78 is 22.2. The summed E-state index contributed by atoms with van der Waals surface area (Å²) in [4.78, 5) is 11.9. The number of nitrogens with two attached hydrogens (primary N) is 1. The van der Waals surface area contributed by atoms with Crippen LogP contribution in [0, 0.1) is 5.41 Å². The van der Waals surface area contributed by atoms with Gasteiger partial charge in [-0.1, -0.05) is 44.2 Å². The van der Waals surface area contributed by atoms with Crippen molar-refractivity contribution < 1.29 is 13.2 Å². The number of benzene rings is 1. The molecular weight excluding hydrogens is 300 g/mol. The van der Waals surface area contributed by atoms with Gasteiger partial charge in [0.1, 0.15) is 9.84 Å². The third-order valence-electron chi connectivity index (χ3n) is 3.40. The van der Waals surface area contributed by atoms with Crippen LogP contribution in [0.15, 0.2) is 30.3 Å². The minimum atomic E-state index is -3.10. The van der Waals surface area contributed by atoms with Crippen molar-refractivity contribution >= 4 is 15.7 Å². The topological polar surface area (TPSA) is 89.3 Å². The molecule has 3 N–H and O–H groups in total. The molecule has 1 unspecified atom stereocenters. The molecule has 0 aliphatic rings. The summed E-state index contributed by atoms with van der Waals surface area (Å²) in [5.41, 5.74) is 6.84. The van der Waals surface area contributed by atoms with Crippen molar-refractivity contribution in [2.45, 2.75) is 32.7 Å². The summed E-state index contributed by atoms with van der Waals surface area (Å²) in [6, 6.07) is 9.28. The van der Waals surface area contributed by atoms with Gasteiger partial charge in [0.2, 0.25) is 5.91 Å². The van der Waals surface area contributed by atoms with Gasteiger partial charge in [0.05, 0.1) is 11.8 Å². The fourth-order valence-corrected chi connectivity index (χ4v) is 2.82. The highest BCUT2D eigenvalue weighted by molar-refractivity contribution is 7.90. The molecule has 22 heavy (non-hydrogen) atoms. The second-order valence-corrected chi connectivity index (χ2v) is 8.83. The van der Waals surface area contributed by atoms with E-state index in [1.54, 1.807) is 0 Å². The summed E-state index contributed by atoms with van der Waals surface area (Å²) >= 11 is 0. The maximum atomic E-state index is 11.9. The van der Waals surface area contributed by atoms with Crippen molar-refractivity contribution in [3.63, 3.8) is 0 Å². The van der Waals surface area contributed by atoms with E-state index in [4.69, 9.17) is 5.73 Å². The number of nitrogens with one attached hydrogen (secondary N) is 1. The molecule has 1 aromatic carbocycles. The van der Waals surface area contributed by atoms with Gasteiger partial charge in [0.15, 0.2) is 0 Å². The predicted octanol–water partition coefficient (Wildman–Crippen LogP) is 1.13. The predicted molar refractivity (Wildman–Crippen MR) is 89.2 cm³/mol. The number of amides is 1. The van der Waals surface area contributed by atoms with E-state index in [1.165, 1.54) is 5.56 Å². The number of carbonyl (C=O) groups is 1. The van der Waals surface area contributed by atoms with Gasteiger partial charge in [-0.3, -0.25) is 4.79 Å². The Morgan fingerprint density at radius 2 is 1.86 bits per heavy atom. The molecule has 0 bridgehead atoms. The molecule has 0 saturated carbocycles. The molecule has 0 heterocycles. The fourth-order valence-electron chi connectivity index (χ4n) is 2.14. The Kier molecular flexibility index (Phi) is 6.56. The first-order chi connectivity index (χ1) is 10.1. The van der Waals surface area contributed by atoms with Crippen LogP contribution >= 0.6 is 0 Å². The Morgan fingerprint density at radius 3 is 2.41 bits per heavy atom. The summed E-state index contributed by atoms with van der Waals surface area (Å²) in [6.45, 7) is 4.64. The zero-order valence-electron chi connectivity index (χ0n) is 13.5. The summed E-state index contributed by atoms with van der Waals surface area (Å²) in [5, 5.41) is 2.82. The molecule has 0 fully saturated rings. The standard InChI is InChI=1S/C16H26N2O3S/c1-16(2,11-13-7-5-4-6-8-13)12-18-15(19)14(17)9-10-22(3,20)21/h4-8,14H,9-12,17H2,1-3H3,(H,18,19). The number of hydrogen-bond donors (Lipinski definition) is 2. The summed E-state index contributed by atoms with van der Waals surface area (Å²) in [5.74, 6) is -0.376. The van der Waals surface area contributed by atoms with Gasteiger partial charge in [-0.25, -0.2) is 8.42 Å². The molecular formula is C16H26N2O3S. The average Bonchev–Trinajstić information content (AvgIpc) is 2.42. The van der Waals surface area contributed by atoms with Gasteiger partial charge in [-0.15, -0.1) is 0 Å². The molecule has 0 aliphatic carbocycles. The van der Waals surface area contributed by atoms with Crippen LogP contribution in [0.4, 0.5) is 0 Å². The first kappa shape index (κ1) is 18.6. The SMILES string of the molecule is CC(C)(CNC(=O)C(N)CCS(C)(=O)=O)Cc1ccccc1.